The largest absolute Gasteiger partial charge is 0.404 e. The van der Waals surface area contributed by atoms with Gasteiger partial charge in [-0.3, -0.25) is 4.99 Å². The molecule has 0 unspecified atom stereocenters. The van der Waals surface area contributed by atoms with Gasteiger partial charge in [-0.2, -0.15) is 0 Å². The lowest BCUT2D eigenvalue weighted by Crippen LogP contribution is -2.20. The van der Waals surface area contributed by atoms with Crippen molar-refractivity contribution in [1.82, 2.24) is 15.1 Å². The first-order valence-electron chi connectivity index (χ1n) is 11.8. The molecule has 2 heterocycles. The van der Waals surface area contributed by atoms with Gasteiger partial charge in [0.25, 0.3) is 0 Å². The van der Waals surface area contributed by atoms with E-state index in [1.54, 1.807) is 6.21 Å². The van der Waals surface area contributed by atoms with Gasteiger partial charge in [0, 0.05) is 28.4 Å². The zero-order valence-corrected chi connectivity index (χ0v) is 20.9. The SMILES string of the molecule is Cc1noc(C)c1-c1ccc2nc(C(C=NCCO)=CN)nc(NC3(c4cccc(Cl)c4)CC3)c2c1. The Morgan fingerprint density at radius 2 is 2.06 bits per heavy atom. The number of aromatic nitrogens is 3. The molecule has 0 bridgehead atoms. The topological polar surface area (TPSA) is 122 Å². The highest BCUT2D eigenvalue weighted by Crippen LogP contribution is 2.49. The van der Waals surface area contributed by atoms with E-state index in [-0.39, 0.29) is 18.7 Å². The van der Waals surface area contributed by atoms with Crippen molar-refractivity contribution < 1.29 is 9.63 Å². The minimum Gasteiger partial charge on any atom is -0.404 e. The van der Waals surface area contributed by atoms with Crippen LogP contribution in [0, 0.1) is 13.8 Å². The monoisotopic (exact) mass is 502 g/mol. The van der Waals surface area contributed by atoms with Crippen molar-refractivity contribution in [1.29, 1.82) is 0 Å². The molecule has 0 amide bonds. The van der Waals surface area contributed by atoms with Crippen LogP contribution in [0.5, 0.6) is 0 Å². The van der Waals surface area contributed by atoms with E-state index in [0.29, 0.717) is 22.2 Å². The summed E-state index contributed by atoms with van der Waals surface area (Å²) in [5, 5.41) is 18.5. The maximum atomic E-state index is 9.09. The minimum atomic E-state index is -0.264. The van der Waals surface area contributed by atoms with Crippen LogP contribution in [0.15, 0.2) is 58.2 Å². The molecule has 0 atom stereocenters. The van der Waals surface area contributed by atoms with Gasteiger partial charge in [0.05, 0.1) is 35.5 Å². The third-order valence-electron chi connectivity index (χ3n) is 6.40. The van der Waals surface area contributed by atoms with Gasteiger partial charge in [0.2, 0.25) is 0 Å². The molecule has 1 aliphatic carbocycles. The summed E-state index contributed by atoms with van der Waals surface area (Å²) in [5.41, 5.74) is 10.8. The van der Waals surface area contributed by atoms with Gasteiger partial charge in [-0.05, 0) is 62.1 Å². The molecular formula is C27H27ClN6O2. The van der Waals surface area contributed by atoms with Crippen molar-refractivity contribution in [3.05, 3.63) is 76.5 Å². The zero-order chi connectivity index (χ0) is 25.3. The molecule has 0 radical (unpaired) electrons. The number of hydrogen-bond acceptors (Lipinski definition) is 8. The van der Waals surface area contributed by atoms with Crippen LogP contribution in [0.3, 0.4) is 0 Å². The quantitative estimate of drug-likeness (QED) is 0.289. The molecule has 0 aliphatic heterocycles. The van der Waals surface area contributed by atoms with Crippen LogP contribution < -0.4 is 11.1 Å². The molecule has 2 aromatic heterocycles. The van der Waals surface area contributed by atoms with E-state index < -0.39 is 0 Å². The molecule has 8 nitrogen and oxygen atoms in total. The maximum Gasteiger partial charge on any atom is 0.165 e. The summed E-state index contributed by atoms with van der Waals surface area (Å²) in [6.07, 6.45) is 4.92. The Morgan fingerprint density at radius 1 is 1.22 bits per heavy atom. The van der Waals surface area contributed by atoms with Crippen molar-refractivity contribution in [2.24, 2.45) is 10.7 Å². The van der Waals surface area contributed by atoms with Crippen molar-refractivity contribution in [3.63, 3.8) is 0 Å². The maximum absolute atomic E-state index is 9.09. The van der Waals surface area contributed by atoms with E-state index in [1.807, 2.05) is 44.2 Å². The number of rotatable bonds is 8. The van der Waals surface area contributed by atoms with Gasteiger partial charge in [-0.1, -0.05) is 35.0 Å². The number of anilines is 1. The minimum absolute atomic E-state index is 0.0492. The molecule has 0 saturated heterocycles. The van der Waals surface area contributed by atoms with Crippen molar-refractivity contribution >= 4 is 40.1 Å². The molecule has 36 heavy (non-hydrogen) atoms. The molecule has 9 heteroatoms. The predicted octanol–water partition coefficient (Wildman–Crippen LogP) is 5.02. The third-order valence-corrected chi connectivity index (χ3v) is 6.63. The van der Waals surface area contributed by atoms with Gasteiger partial charge in [-0.25, -0.2) is 9.97 Å². The molecular weight excluding hydrogens is 476 g/mol. The number of fused-ring (bicyclic) bond motifs is 1. The number of hydrogen-bond donors (Lipinski definition) is 3. The van der Waals surface area contributed by atoms with E-state index in [2.05, 4.69) is 27.6 Å². The Hall–Kier alpha value is -3.75. The number of nitrogens with zero attached hydrogens (tertiary/aromatic N) is 4. The molecule has 1 aliphatic rings. The Labute approximate surface area is 213 Å². The molecule has 4 aromatic rings. The van der Waals surface area contributed by atoms with Crippen LogP contribution in [0.1, 0.15) is 35.7 Å². The van der Waals surface area contributed by atoms with Gasteiger partial charge >= 0.3 is 0 Å². The zero-order valence-electron chi connectivity index (χ0n) is 20.1. The van der Waals surface area contributed by atoms with E-state index in [4.69, 9.17) is 36.9 Å². The highest BCUT2D eigenvalue weighted by molar-refractivity contribution is 6.30. The molecule has 2 aromatic carbocycles. The normalized spacial score (nSPS) is 15.1. The van der Waals surface area contributed by atoms with Crippen LogP contribution in [0.2, 0.25) is 5.02 Å². The third kappa shape index (κ3) is 4.57. The first-order valence-corrected chi connectivity index (χ1v) is 12.1. The lowest BCUT2D eigenvalue weighted by atomic mass is 10.0. The Kier molecular flexibility index (Phi) is 6.47. The van der Waals surface area contributed by atoms with E-state index in [1.165, 1.54) is 6.20 Å². The van der Waals surface area contributed by atoms with E-state index in [0.717, 1.165) is 51.9 Å². The second kappa shape index (κ2) is 9.72. The smallest absolute Gasteiger partial charge is 0.165 e. The number of aliphatic imine (C=N–C) groups is 1. The number of nitrogens with one attached hydrogen (secondary N) is 1. The molecule has 5 rings (SSSR count). The molecule has 4 N–H and O–H groups in total. The number of halogens is 1. The van der Waals surface area contributed by atoms with Gasteiger partial charge < -0.3 is 20.7 Å². The first kappa shape index (κ1) is 24.0. The number of aliphatic hydroxyl groups is 1. The summed E-state index contributed by atoms with van der Waals surface area (Å²) < 4.78 is 5.40. The van der Waals surface area contributed by atoms with E-state index >= 15 is 0 Å². The number of aliphatic hydroxyl groups excluding tert-OH is 1. The fourth-order valence-corrected chi connectivity index (χ4v) is 4.61. The summed E-state index contributed by atoms with van der Waals surface area (Å²) in [4.78, 5) is 13.9. The Morgan fingerprint density at radius 3 is 2.72 bits per heavy atom. The average Bonchev–Trinajstić information content (AvgIpc) is 3.58. The van der Waals surface area contributed by atoms with Crippen LogP contribution in [0.25, 0.3) is 27.6 Å². The summed E-state index contributed by atoms with van der Waals surface area (Å²) >= 11 is 6.31. The Balaban J connectivity index is 1.65. The second-order valence-corrected chi connectivity index (χ2v) is 9.36. The van der Waals surface area contributed by atoms with Crippen LogP contribution in [-0.4, -0.2) is 39.6 Å². The standard InChI is InChI=1S/C27H27ClN6O2/c1-16-24(17(2)36-34-16)18-6-7-23-22(12-18)26(32-25(31-23)19(14-29)15-30-10-11-35)33-27(8-9-27)20-4-3-5-21(28)13-20/h3-7,12-15,35H,8-11,29H2,1-2H3,(H,31,32,33). The summed E-state index contributed by atoms with van der Waals surface area (Å²) in [5.74, 6) is 1.89. The number of aryl methyl sites for hydroxylation is 2. The van der Waals surface area contributed by atoms with Crippen LogP contribution >= 0.6 is 11.6 Å². The molecule has 1 fully saturated rings. The number of nitrogens with two attached hydrogens (primary N) is 1. The van der Waals surface area contributed by atoms with Crippen molar-refractivity contribution in [3.8, 4) is 11.1 Å². The predicted molar refractivity (Wildman–Crippen MR) is 143 cm³/mol. The fourth-order valence-electron chi connectivity index (χ4n) is 4.42. The van der Waals surface area contributed by atoms with Crippen LogP contribution in [0.4, 0.5) is 5.82 Å². The molecule has 184 valence electrons. The van der Waals surface area contributed by atoms with Crippen molar-refractivity contribution in [2.45, 2.75) is 32.2 Å². The van der Waals surface area contributed by atoms with E-state index in [9.17, 15) is 0 Å². The van der Waals surface area contributed by atoms with Gasteiger partial charge in [0.1, 0.15) is 11.6 Å². The van der Waals surface area contributed by atoms with Crippen molar-refractivity contribution in [2.75, 3.05) is 18.5 Å². The first-order chi connectivity index (χ1) is 17.4. The second-order valence-electron chi connectivity index (χ2n) is 8.93. The van der Waals surface area contributed by atoms with Gasteiger partial charge in [-0.15, -0.1) is 0 Å². The van der Waals surface area contributed by atoms with Gasteiger partial charge in [0.15, 0.2) is 5.82 Å². The van der Waals surface area contributed by atoms with Crippen LogP contribution in [-0.2, 0) is 5.54 Å². The highest BCUT2D eigenvalue weighted by Gasteiger charge is 2.45. The lowest BCUT2D eigenvalue weighted by Gasteiger charge is -2.21. The summed E-state index contributed by atoms with van der Waals surface area (Å²) in [6, 6.07) is 13.9. The summed E-state index contributed by atoms with van der Waals surface area (Å²) in [6.45, 7) is 4.05. The fraction of sp³-hybridized carbons (Fsp3) is 0.259. The summed E-state index contributed by atoms with van der Waals surface area (Å²) in [7, 11) is 0. The highest BCUT2D eigenvalue weighted by atomic mass is 35.5. The number of benzene rings is 2. The lowest BCUT2D eigenvalue weighted by molar-refractivity contribution is 0.307. The molecule has 0 spiro atoms. The number of allylic oxidation sites excluding steroid dienone is 1. The molecule has 1 saturated carbocycles. The Bertz CT molecular complexity index is 1470. The average molecular weight is 503 g/mol.